The summed E-state index contributed by atoms with van der Waals surface area (Å²) in [6.45, 7) is 9.44. The lowest BCUT2D eigenvalue weighted by Gasteiger charge is -2.26. The molecular formula is C31H31N7. The highest BCUT2D eigenvalue weighted by Crippen LogP contribution is 2.32. The van der Waals surface area contributed by atoms with Gasteiger partial charge in [0, 0.05) is 41.6 Å². The minimum absolute atomic E-state index is 0.705. The summed E-state index contributed by atoms with van der Waals surface area (Å²) in [5, 5.41) is 8.82. The van der Waals surface area contributed by atoms with Crippen molar-refractivity contribution in [3.63, 3.8) is 0 Å². The van der Waals surface area contributed by atoms with Crippen molar-refractivity contribution in [3.8, 4) is 22.6 Å². The quantitative estimate of drug-likeness (QED) is 0.247. The van der Waals surface area contributed by atoms with E-state index in [-0.39, 0.29) is 0 Å². The lowest BCUT2D eigenvalue weighted by atomic mass is 10.00. The first-order chi connectivity index (χ1) is 18.7. The smallest absolute Gasteiger partial charge is 0.159 e. The van der Waals surface area contributed by atoms with E-state index in [4.69, 9.17) is 4.98 Å². The molecule has 1 fully saturated rings. The summed E-state index contributed by atoms with van der Waals surface area (Å²) in [6.07, 6.45) is 17.5. The zero-order chi connectivity index (χ0) is 25.9. The molecule has 0 radical (unpaired) electrons. The molecule has 2 N–H and O–H groups in total. The largest absolute Gasteiger partial charge is 0.335 e. The minimum Gasteiger partial charge on any atom is -0.335 e. The topological polar surface area (TPSA) is 86.4 Å². The number of benzene rings is 1. The molecule has 0 bridgehead atoms. The Morgan fingerprint density at radius 1 is 1.05 bits per heavy atom. The van der Waals surface area contributed by atoms with Crippen LogP contribution in [0.2, 0.25) is 0 Å². The number of aromatic nitrogens is 6. The molecule has 7 nitrogen and oxygen atoms in total. The molecule has 0 atom stereocenters. The molecule has 5 aromatic rings. The number of likely N-dealkylation sites (tertiary alicyclic amines) is 1. The van der Waals surface area contributed by atoms with E-state index < -0.39 is 0 Å². The summed E-state index contributed by atoms with van der Waals surface area (Å²) in [5.41, 5.74) is 8.90. The Kier molecular flexibility index (Phi) is 6.67. The summed E-state index contributed by atoms with van der Waals surface area (Å²) >= 11 is 0. The van der Waals surface area contributed by atoms with E-state index >= 15 is 0 Å². The van der Waals surface area contributed by atoms with Gasteiger partial charge in [0.15, 0.2) is 5.82 Å². The third-order valence-corrected chi connectivity index (χ3v) is 7.26. The number of nitrogens with zero attached hydrogens (tertiary/aromatic N) is 5. The van der Waals surface area contributed by atoms with Crippen molar-refractivity contribution in [2.24, 2.45) is 0 Å². The Labute approximate surface area is 222 Å². The third kappa shape index (κ3) is 4.68. The van der Waals surface area contributed by atoms with Gasteiger partial charge in [-0.3, -0.25) is 20.0 Å². The van der Waals surface area contributed by atoms with Crippen LogP contribution in [0.5, 0.6) is 0 Å². The van der Waals surface area contributed by atoms with E-state index in [0.29, 0.717) is 5.82 Å². The minimum atomic E-state index is 0.705. The second kappa shape index (κ2) is 10.6. The maximum absolute atomic E-state index is 4.95. The maximum Gasteiger partial charge on any atom is 0.159 e. The highest BCUT2D eigenvalue weighted by atomic mass is 15.1. The first-order valence-electron chi connectivity index (χ1n) is 13.2. The maximum atomic E-state index is 4.95. The van der Waals surface area contributed by atoms with Crippen molar-refractivity contribution in [2.75, 3.05) is 19.6 Å². The number of allylic oxidation sites excluding steroid dienone is 3. The fraction of sp³-hybridized carbons (Fsp3) is 0.226. The van der Waals surface area contributed by atoms with Crippen LogP contribution in [0.25, 0.3) is 50.2 Å². The van der Waals surface area contributed by atoms with E-state index in [1.807, 2.05) is 30.6 Å². The van der Waals surface area contributed by atoms with Gasteiger partial charge in [-0.25, -0.2) is 4.98 Å². The second-order valence-electron chi connectivity index (χ2n) is 9.75. The number of imidazole rings is 1. The van der Waals surface area contributed by atoms with Gasteiger partial charge in [-0.15, -0.1) is 0 Å². The number of H-pyrrole nitrogens is 2. The van der Waals surface area contributed by atoms with Crippen LogP contribution in [0.1, 0.15) is 31.7 Å². The van der Waals surface area contributed by atoms with Gasteiger partial charge >= 0.3 is 0 Å². The molecule has 1 aliphatic rings. The molecule has 4 aromatic heterocycles. The van der Waals surface area contributed by atoms with Gasteiger partial charge in [-0.05, 0) is 67.8 Å². The first kappa shape index (κ1) is 24.0. The van der Waals surface area contributed by atoms with Crippen molar-refractivity contribution in [1.82, 2.24) is 35.0 Å². The van der Waals surface area contributed by atoms with E-state index in [9.17, 15) is 0 Å². The Bertz CT molecular complexity index is 1650. The van der Waals surface area contributed by atoms with Crippen LogP contribution < -0.4 is 0 Å². The number of aromatic amines is 2. The number of fused-ring (bicyclic) bond motifs is 2. The zero-order valence-electron chi connectivity index (χ0n) is 21.6. The molecule has 0 amide bonds. The van der Waals surface area contributed by atoms with Gasteiger partial charge in [0.1, 0.15) is 11.2 Å². The molecule has 190 valence electrons. The van der Waals surface area contributed by atoms with Gasteiger partial charge < -0.3 is 4.98 Å². The standard InChI is InChI=1S/C31H31N7/c1-3-21(20-38-13-6-5-7-14-38)15-22(4-2)23-10-11-27-25(16-23)30(37-36-27)31-34-28-19-33-18-26(29(28)35-31)24-9-8-12-32-17-24/h3-4,8-12,15-19H,1,5-7,13-14,20H2,2H3,(H,34,35)(H,36,37)/b21-15+,22-4+. The normalized spacial score (nSPS) is 15.4. The fourth-order valence-corrected chi connectivity index (χ4v) is 5.23. The molecule has 0 spiro atoms. The summed E-state index contributed by atoms with van der Waals surface area (Å²) < 4.78 is 0. The fourth-order valence-electron chi connectivity index (χ4n) is 5.23. The van der Waals surface area contributed by atoms with Crippen molar-refractivity contribution < 1.29 is 0 Å². The molecular weight excluding hydrogens is 470 g/mol. The van der Waals surface area contributed by atoms with Crippen LogP contribution in [0.3, 0.4) is 0 Å². The monoisotopic (exact) mass is 501 g/mol. The van der Waals surface area contributed by atoms with Gasteiger partial charge in [0.25, 0.3) is 0 Å². The predicted octanol–water partition coefficient (Wildman–Crippen LogP) is 6.56. The van der Waals surface area contributed by atoms with Gasteiger partial charge in [-0.1, -0.05) is 43.4 Å². The van der Waals surface area contributed by atoms with Crippen LogP contribution in [-0.2, 0) is 0 Å². The molecule has 1 aliphatic heterocycles. The second-order valence-corrected chi connectivity index (χ2v) is 9.75. The van der Waals surface area contributed by atoms with Crippen LogP contribution in [0.4, 0.5) is 0 Å². The van der Waals surface area contributed by atoms with E-state index in [0.717, 1.165) is 64.0 Å². The summed E-state index contributed by atoms with van der Waals surface area (Å²) in [5.74, 6) is 0.705. The molecule has 1 aromatic carbocycles. The van der Waals surface area contributed by atoms with Gasteiger partial charge in [-0.2, -0.15) is 5.10 Å². The first-order valence-corrected chi connectivity index (χ1v) is 13.2. The van der Waals surface area contributed by atoms with E-state index in [2.05, 4.69) is 73.9 Å². The van der Waals surface area contributed by atoms with Crippen LogP contribution >= 0.6 is 0 Å². The highest BCUT2D eigenvalue weighted by Gasteiger charge is 2.17. The van der Waals surface area contributed by atoms with Crippen LogP contribution in [0.15, 0.2) is 85.5 Å². The van der Waals surface area contributed by atoms with E-state index in [1.54, 1.807) is 12.4 Å². The Hall–Kier alpha value is -4.36. The summed E-state index contributed by atoms with van der Waals surface area (Å²) in [4.78, 5) is 19.6. The zero-order valence-corrected chi connectivity index (χ0v) is 21.6. The SMILES string of the molecule is C=C/C(=C\C(=C/C)c1ccc2[nH]nc(-c3nc4c(-c5cccnc5)cncc4[nH]3)c2c1)CN1CCCCC1. The van der Waals surface area contributed by atoms with Crippen molar-refractivity contribution in [3.05, 3.63) is 91.1 Å². The van der Waals surface area contributed by atoms with Gasteiger partial charge in [0.05, 0.1) is 17.2 Å². The number of pyridine rings is 2. The average Bonchev–Trinajstić information content (AvgIpc) is 3.60. The van der Waals surface area contributed by atoms with Crippen LogP contribution in [-0.4, -0.2) is 54.7 Å². The third-order valence-electron chi connectivity index (χ3n) is 7.26. The van der Waals surface area contributed by atoms with Crippen molar-refractivity contribution in [1.29, 1.82) is 0 Å². The number of hydrogen-bond acceptors (Lipinski definition) is 5. The number of piperidine rings is 1. The summed E-state index contributed by atoms with van der Waals surface area (Å²) in [7, 11) is 0. The Morgan fingerprint density at radius 3 is 2.74 bits per heavy atom. The molecule has 6 rings (SSSR count). The molecule has 38 heavy (non-hydrogen) atoms. The molecule has 7 heteroatoms. The number of rotatable bonds is 7. The number of nitrogens with one attached hydrogen (secondary N) is 2. The predicted molar refractivity (Wildman–Crippen MR) is 154 cm³/mol. The molecule has 5 heterocycles. The Balaban J connectivity index is 1.36. The molecule has 0 unspecified atom stereocenters. The number of hydrogen-bond donors (Lipinski definition) is 2. The van der Waals surface area contributed by atoms with Crippen LogP contribution in [0, 0.1) is 0 Å². The lowest BCUT2D eigenvalue weighted by Crippen LogP contribution is -2.31. The van der Waals surface area contributed by atoms with Gasteiger partial charge in [0.2, 0.25) is 0 Å². The van der Waals surface area contributed by atoms with Crippen molar-refractivity contribution in [2.45, 2.75) is 26.2 Å². The highest BCUT2D eigenvalue weighted by molar-refractivity contribution is 5.97. The lowest BCUT2D eigenvalue weighted by molar-refractivity contribution is 0.248. The molecule has 0 saturated carbocycles. The average molecular weight is 502 g/mol. The summed E-state index contributed by atoms with van der Waals surface area (Å²) in [6, 6.07) is 10.4. The Morgan fingerprint density at radius 2 is 1.95 bits per heavy atom. The van der Waals surface area contributed by atoms with Crippen molar-refractivity contribution >= 4 is 27.5 Å². The molecule has 0 aliphatic carbocycles. The van der Waals surface area contributed by atoms with E-state index in [1.165, 1.54) is 30.4 Å². The molecule has 1 saturated heterocycles.